The van der Waals surface area contributed by atoms with Gasteiger partial charge < -0.3 is 10.1 Å². The number of cyclic esters (lactones) is 1. The molecule has 0 bridgehead atoms. The number of rotatable bonds is 1. The standard InChI is InChI=1S/C10H10FNO2/c1-6-2-3-7(11)4-8(6)9-5-14-10(13)12-9/h2-4,9H,5H2,1H3,(H,12,13)/t9-/m1/s1. The van der Waals surface area contributed by atoms with Crippen LogP contribution in [-0.4, -0.2) is 12.7 Å². The summed E-state index contributed by atoms with van der Waals surface area (Å²) in [5, 5.41) is 2.61. The lowest BCUT2D eigenvalue weighted by atomic mass is 10.0. The Balaban J connectivity index is 2.31. The van der Waals surface area contributed by atoms with Gasteiger partial charge in [0.15, 0.2) is 0 Å². The topological polar surface area (TPSA) is 38.3 Å². The molecule has 1 aromatic rings. The number of carbonyl (C=O) groups is 1. The molecule has 2 rings (SSSR count). The molecule has 0 radical (unpaired) electrons. The van der Waals surface area contributed by atoms with Crippen LogP contribution in [0.15, 0.2) is 18.2 Å². The summed E-state index contributed by atoms with van der Waals surface area (Å²) in [4.78, 5) is 10.8. The van der Waals surface area contributed by atoms with Crippen LogP contribution in [0.25, 0.3) is 0 Å². The maximum atomic E-state index is 12.9. The van der Waals surface area contributed by atoms with Crippen molar-refractivity contribution in [2.24, 2.45) is 0 Å². The van der Waals surface area contributed by atoms with E-state index in [1.165, 1.54) is 12.1 Å². The number of alkyl carbamates (subject to hydrolysis) is 1. The molecule has 0 aromatic heterocycles. The van der Waals surface area contributed by atoms with Crippen LogP contribution in [0.2, 0.25) is 0 Å². The fraction of sp³-hybridized carbons (Fsp3) is 0.300. The van der Waals surface area contributed by atoms with Crippen LogP contribution in [0.4, 0.5) is 9.18 Å². The first-order valence-corrected chi connectivity index (χ1v) is 4.36. The average molecular weight is 195 g/mol. The van der Waals surface area contributed by atoms with Gasteiger partial charge in [-0.25, -0.2) is 9.18 Å². The van der Waals surface area contributed by atoms with Crippen molar-refractivity contribution in [2.75, 3.05) is 6.61 Å². The molecule has 1 aliphatic heterocycles. The summed E-state index contributed by atoms with van der Waals surface area (Å²) in [6.07, 6.45) is -0.446. The molecule has 1 saturated heterocycles. The van der Waals surface area contributed by atoms with Gasteiger partial charge in [-0.2, -0.15) is 0 Å². The van der Waals surface area contributed by atoms with Crippen molar-refractivity contribution in [1.82, 2.24) is 5.32 Å². The van der Waals surface area contributed by atoms with Gasteiger partial charge in [0.1, 0.15) is 12.4 Å². The molecule has 4 heteroatoms. The molecule has 0 saturated carbocycles. The number of benzene rings is 1. The molecule has 0 aliphatic carbocycles. The molecule has 0 unspecified atom stereocenters. The minimum Gasteiger partial charge on any atom is -0.447 e. The Morgan fingerprint density at radius 1 is 1.57 bits per heavy atom. The highest BCUT2D eigenvalue weighted by molar-refractivity contribution is 5.70. The Labute approximate surface area is 80.9 Å². The van der Waals surface area contributed by atoms with E-state index in [0.29, 0.717) is 0 Å². The average Bonchev–Trinajstić information content (AvgIpc) is 2.56. The summed E-state index contributed by atoms with van der Waals surface area (Å²) >= 11 is 0. The summed E-state index contributed by atoms with van der Waals surface area (Å²) in [6.45, 7) is 2.14. The van der Waals surface area contributed by atoms with E-state index < -0.39 is 6.09 Å². The van der Waals surface area contributed by atoms with Crippen molar-refractivity contribution < 1.29 is 13.9 Å². The number of carbonyl (C=O) groups excluding carboxylic acids is 1. The number of ether oxygens (including phenoxy) is 1. The molecule has 1 aliphatic rings. The largest absolute Gasteiger partial charge is 0.447 e. The molecule has 74 valence electrons. The molecule has 1 heterocycles. The number of hydrogen-bond acceptors (Lipinski definition) is 2. The Kier molecular flexibility index (Phi) is 2.11. The Morgan fingerprint density at radius 2 is 2.36 bits per heavy atom. The third kappa shape index (κ3) is 1.55. The summed E-state index contributed by atoms with van der Waals surface area (Å²) < 4.78 is 17.7. The van der Waals surface area contributed by atoms with E-state index in [9.17, 15) is 9.18 Å². The maximum Gasteiger partial charge on any atom is 0.407 e. The lowest BCUT2D eigenvalue weighted by Gasteiger charge is -2.10. The van der Waals surface area contributed by atoms with Crippen molar-refractivity contribution in [3.8, 4) is 0 Å². The Hall–Kier alpha value is -1.58. The van der Waals surface area contributed by atoms with E-state index in [0.717, 1.165) is 11.1 Å². The number of aryl methyl sites for hydroxylation is 1. The van der Waals surface area contributed by atoms with Crippen LogP contribution < -0.4 is 5.32 Å². The number of hydrogen-bond donors (Lipinski definition) is 1. The van der Waals surface area contributed by atoms with Crippen LogP contribution in [0.5, 0.6) is 0 Å². The quantitative estimate of drug-likeness (QED) is 0.743. The lowest BCUT2D eigenvalue weighted by Crippen LogP contribution is -2.19. The number of nitrogens with one attached hydrogen (secondary N) is 1. The SMILES string of the molecule is Cc1ccc(F)cc1[C@H]1COC(=O)N1. The molecule has 1 fully saturated rings. The van der Waals surface area contributed by atoms with Crippen LogP contribution in [0.1, 0.15) is 17.2 Å². The molecule has 1 atom stereocenters. The van der Waals surface area contributed by atoms with Crippen molar-refractivity contribution in [2.45, 2.75) is 13.0 Å². The second-order valence-electron chi connectivity index (χ2n) is 3.30. The Morgan fingerprint density at radius 3 is 3.00 bits per heavy atom. The highest BCUT2D eigenvalue weighted by Gasteiger charge is 2.25. The van der Waals surface area contributed by atoms with Crippen molar-refractivity contribution in [3.05, 3.63) is 35.1 Å². The highest BCUT2D eigenvalue weighted by atomic mass is 19.1. The van der Waals surface area contributed by atoms with Crippen molar-refractivity contribution in [3.63, 3.8) is 0 Å². The van der Waals surface area contributed by atoms with Gasteiger partial charge in [0, 0.05) is 0 Å². The third-order valence-electron chi connectivity index (χ3n) is 2.29. The molecular weight excluding hydrogens is 185 g/mol. The van der Waals surface area contributed by atoms with Gasteiger partial charge in [-0.3, -0.25) is 0 Å². The fourth-order valence-electron chi connectivity index (χ4n) is 1.54. The minimum atomic E-state index is -0.446. The van der Waals surface area contributed by atoms with Crippen LogP contribution in [0.3, 0.4) is 0 Å². The molecule has 3 nitrogen and oxygen atoms in total. The van der Waals surface area contributed by atoms with E-state index in [1.54, 1.807) is 6.07 Å². The number of amides is 1. The van der Waals surface area contributed by atoms with Crippen LogP contribution in [0, 0.1) is 12.7 Å². The van der Waals surface area contributed by atoms with Crippen molar-refractivity contribution >= 4 is 6.09 Å². The maximum absolute atomic E-state index is 12.9. The molecule has 0 spiro atoms. The number of halogens is 1. The van der Waals surface area contributed by atoms with Gasteiger partial charge in [0.25, 0.3) is 0 Å². The molecule has 1 aromatic carbocycles. The summed E-state index contributed by atoms with van der Waals surface area (Å²) in [6, 6.07) is 4.29. The second kappa shape index (κ2) is 3.29. The van der Waals surface area contributed by atoms with Crippen molar-refractivity contribution in [1.29, 1.82) is 0 Å². The predicted molar refractivity (Wildman–Crippen MR) is 48.4 cm³/mol. The lowest BCUT2D eigenvalue weighted by molar-refractivity contribution is 0.177. The predicted octanol–water partition coefficient (Wildman–Crippen LogP) is 1.92. The van der Waals surface area contributed by atoms with Gasteiger partial charge in [-0.1, -0.05) is 6.07 Å². The Bertz CT molecular complexity index is 378. The zero-order valence-corrected chi connectivity index (χ0v) is 7.71. The van der Waals surface area contributed by atoms with Gasteiger partial charge in [-0.15, -0.1) is 0 Å². The zero-order chi connectivity index (χ0) is 10.1. The van der Waals surface area contributed by atoms with E-state index in [2.05, 4.69) is 5.32 Å². The normalized spacial score (nSPS) is 20.4. The van der Waals surface area contributed by atoms with E-state index in [4.69, 9.17) is 4.74 Å². The highest BCUT2D eigenvalue weighted by Crippen LogP contribution is 2.22. The monoisotopic (exact) mass is 195 g/mol. The molecule has 1 N–H and O–H groups in total. The zero-order valence-electron chi connectivity index (χ0n) is 7.71. The fourth-order valence-corrected chi connectivity index (χ4v) is 1.54. The summed E-state index contributed by atoms with van der Waals surface area (Å²) in [7, 11) is 0. The molecular formula is C10H10FNO2. The van der Waals surface area contributed by atoms with Crippen LogP contribution in [-0.2, 0) is 4.74 Å². The molecule has 14 heavy (non-hydrogen) atoms. The van der Waals surface area contributed by atoms with Gasteiger partial charge in [-0.05, 0) is 30.2 Å². The van der Waals surface area contributed by atoms with Gasteiger partial charge in [0.05, 0.1) is 6.04 Å². The van der Waals surface area contributed by atoms with Crippen LogP contribution >= 0.6 is 0 Å². The third-order valence-corrected chi connectivity index (χ3v) is 2.29. The van der Waals surface area contributed by atoms with E-state index in [1.807, 2.05) is 6.92 Å². The molecule has 1 amide bonds. The minimum absolute atomic E-state index is 0.224. The summed E-state index contributed by atoms with van der Waals surface area (Å²) in [5.74, 6) is -0.299. The first-order valence-electron chi connectivity index (χ1n) is 4.36. The second-order valence-corrected chi connectivity index (χ2v) is 3.30. The first kappa shape index (κ1) is 8.99. The van der Waals surface area contributed by atoms with E-state index in [-0.39, 0.29) is 18.5 Å². The summed E-state index contributed by atoms with van der Waals surface area (Å²) in [5.41, 5.74) is 1.72. The first-order chi connectivity index (χ1) is 6.66. The smallest absolute Gasteiger partial charge is 0.407 e. The van der Waals surface area contributed by atoms with Gasteiger partial charge >= 0.3 is 6.09 Å². The van der Waals surface area contributed by atoms with Gasteiger partial charge in [0.2, 0.25) is 0 Å². The van der Waals surface area contributed by atoms with E-state index >= 15 is 0 Å².